The highest BCUT2D eigenvalue weighted by molar-refractivity contribution is 5.93. The minimum absolute atomic E-state index is 0.0669. The van der Waals surface area contributed by atoms with Gasteiger partial charge in [-0.2, -0.15) is 0 Å². The largest absolute Gasteiger partial charge is 0.467 e. The second-order valence-corrected chi connectivity index (χ2v) is 6.19. The number of nitrogens with zero attached hydrogens (tertiary/aromatic N) is 4. The topological polar surface area (TPSA) is 101 Å². The molecule has 1 fully saturated rings. The summed E-state index contributed by atoms with van der Waals surface area (Å²) in [4.78, 5) is 41.8. The van der Waals surface area contributed by atoms with Crippen LogP contribution in [0.3, 0.4) is 0 Å². The predicted octanol–water partition coefficient (Wildman–Crippen LogP) is 1.35. The first-order valence-corrected chi connectivity index (χ1v) is 8.29. The first-order chi connectivity index (χ1) is 12.7. The summed E-state index contributed by atoms with van der Waals surface area (Å²) in [7, 11) is 1.47. The number of carbonyl (C=O) groups is 1. The molecule has 0 bridgehead atoms. The third kappa shape index (κ3) is 2.90. The van der Waals surface area contributed by atoms with Crippen LogP contribution < -0.4 is 10.3 Å². The highest BCUT2D eigenvalue weighted by Gasteiger charge is 2.29. The maximum absolute atomic E-state index is 12.6. The molecule has 8 nitrogen and oxygen atoms in total. The smallest absolute Gasteiger partial charge is 0.316 e. The number of likely N-dealkylation sites (tertiary alicyclic amines) is 1. The number of H-pyrrole nitrogens is 1. The molecule has 4 rings (SSSR count). The minimum atomic E-state index is -0.154. The van der Waals surface area contributed by atoms with Crippen molar-refractivity contribution in [1.29, 1.82) is 0 Å². The van der Waals surface area contributed by atoms with Gasteiger partial charge in [-0.3, -0.25) is 14.6 Å². The normalized spacial score (nSPS) is 16.8. The van der Waals surface area contributed by atoms with E-state index < -0.39 is 0 Å². The summed E-state index contributed by atoms with van der Waals surface area (Å²) in [5.74, 6) is -0.0614. The number of amides is 1. The summed E-state index contributed by atoms with van der Waals surface area (Å²) in [6.45, 7) is 1.14. The molecule has 3 aromatic rings. The van der Waals surface area contributed by atoms with Gasteiger partial charge in [0.25, 0.3) is 11.5 Å². The highest BCUT2D eigenvalue weighted by Crippen LogP contribution is 2.27. The number of hydrogen-bond acceptors (Lipinski definition) is 6. The molecule has 132 valence electrons. The molecule has 1 aliphatic rings. The van der Waals surface area contributed by atoms with E-state index in [1.54, 1.807) is 23.2 Å². The number of fused-ring (bicyclic) bond motifs is 1. The lowest BCUT2D eigenvalue weighted by atomic mass is 10.0. The Morgan fingerprint density at radius 2 is 2.12 bits per heavy atom. The van der Waals surface area contributed by atoms with E-state index in [4.69, 9.17) is 4.74 Å². The molecule has 0 saturated carbocycles. The Morgan fingerprint density at radius 1 is 1.31 bits per heavy atom. The Balaban J connectivity index is 1.54. The Labute approximate surface area is 148 Å². The first-order valence-electron chi connectivity index (χ1n) is 8.29. The zero-order chi connectivity index (χ0) is 18.1. The van der Waals surface area contributed by atoms with E-state index in [9.17, 15) is 9.59 Å². The molecule has 0 aromatic carbocycles. The van der Waals surface area contributed by atoms with Crippen molar-refractivity contribution in [3.05, 3.63) is 58.4 Å². The van der Waals surface area contributed by atoms with Crippen molar-refractivity contribution in [1.82, 2.24) is 24.8 Å². The Morgan fingerprint density at radius 3 is 2.88 bits per heavy atom. The summed E-state index contributed by atoms with van der Waals surface area (Å²) >= 11 is 0. The van der Waals surface area contributed by atoms with Crippen LogP contribution in [0, 0.1) is 0 Å². The van der Waals surface area contributed by atoms with Crippen molar-refractivity contribution in [2.24, 2.45) is 0 Å². The first kappa shape index (κ1) is 16.2. The lowest BCUT2D eigenvalue weighted by Gasteiger charge is -2.16. The minimum Gasteiger partial charge on any atom is -0.467 e. The van der Waals surface area contributed by atoms with Crippen LogP contribution in [0.5, 0.6) is 6.01 Å². The van der Waals surface area contributed by atoms with Gasteiger partial charge in [0.2, 0.25) is 0 Å². The number of nitrogens with one attached hydrogen (secondary N) is 1. The van der Waals surface area contributed by atoms with Crippen LogP contribution in [0.4, 0.5) is 0 Å². The van der Waals surface area contributed by atoms with Gasteiger partial charge >= 0.3 is 6.01 Å². The molecule has 3 aromatic heterocycles. The van der Waals surface area contributed by atoms with Crippen LogP contribution in [0.15, 0.2) is 41.6 Å². The van der Waals surface area contributed by atoms with Gasteiger partial charge in [-0.1, -0.05) is 0 Å². The van der Waals surface area contributed by atoms with Gasteiger partial charge in [0.05, 0.1) is 23.6 Å². The van der Waals surface area contributed by atoms with E-state index in [1.807, 2.05) is 6.07 Å². The van der Waals surface area contributed by atoms with E-state index in [1.165, 1.54) is 19.5 Å². The molecule has 1 amide bonds. The Kier molecular flexibility index (Phi) is 4.08. The molecule has 1 atom stereocenters. The number of ether oxygens (including phenoxy) is 1. The number of carbonyl (C=O) groups excluding carboxylic acids is 1. The molecule has 4 heterocycles. The lowest BCUT2D eigenvalue weighted by Crippen LogP contribution is -2.29. The van der Waals surface area contributed by atoms with Gasteiger partial charge in [0.15, 0.2) is 0 Å². The molecular formula is C18H17N5O3. The van der Waals surface area contributed by atoms with E-state index in [-0.39, 0.29) is 23.4 Å². The molecular weight excluding hydrogens is 334 g/mol. The fraction of sp³-hybridized carbons (Fsp3) is 0.278. The number of aromatic amines is 1. The average Bonchev–Trinajstić information content (AvgIpc) is 3.18. The summed E-state index contributed by atoms with van der Waals surface area (Å²) < 4.78 is 4.91. The van der Waals surface area contributed by atoms with Crippen molar-refractivity contribution < 1.29 is 9.53 Å². The van der Waals surface area contributed by atoms with Crippen molar-refractivity contribution in [2.75, 3.05) is 20.2 Å². The molecule has 0 unspecified atom stereocenters. The number of pyridine rings is 2. The zero-order valence-corrected chi connectivity index (χ0v) is 14.2. The molecule has 8 heteroatoms. The Bertz CT molecular complexity index is 1020. The van der Waals surface area contributed by atoms with Gasteiger partial charge in [-0.15, -0.1) is 0 Å². The quantitative estimate of drug-likeness (QED) is 0.764. The number of rotatable bonds is 3. The van der Waals surface area contributed by atoms with E-state index >= 15 is 0 Å². The number of hydrogen-bond donors (Lipinski definition) is 1. The Hall–Kier alpha value is -3.29. The van der Waals surface area contributed by atoms with Crippen molar-refractivity contribution >= 4 is 16.8 Å². The van der Waals surface area contributed by atoms with Crippen LogP contribution in [-0.4, -0.2) is 50.9 Å². The van der Waals surface area contributed by atoms with Crippen LogP contribution in [0.25, 0.3) is 10.9 Å². The van der Waals surface area contributed by atoms with E-state index in [0.717, 1.165) is 12.1 Å². The summed E-state index contributed by atoms with van der Waals surface area (Å²) in [6.07, 6.45) is 5.36. The van der Waals surface area contributed by atoms with Crippen molar-refractivity contribution in [2.45, 2.75) is 12.3 Å². The summed E-state index contributed by atoms with van der Waals surface area (Å²) in [5.41, 5.74) is 1.74. The van der Waals surface area contributed by atoms with Gasteiger partial charge in [-0.25, -0.2) is 9.97 Å². The van der Waals surface area contributed by atoms with E-state index in [0.29, 0.717) is 29.6 Å². The second-order valence-electron chi connectivity index (χ2n) is 6.19. The maximum Gasteiger partial charge on any atom is 0.316 e. The molecule has 1 N–H and O–H groups in total. The molecule has 26 heavy (non-hydrogen) atoms. The third-order valence-corrected chi connectivity index (χ3v) is 4.61. The van der Waals surface area contributed by atoms with Crippen LogP contribution in [-0.2, 0) is 0 Å². The SMILES string of the molecule is COc1ncc(C(=O)N2CC[C@@H](c3cc4ncccc4c(=O)[nH]3)C2)cn1. The molecule has 1 aliphatic heterocycles. The molecule has 0 aliphatic carbocycles. The summed E-state index contributed by atoms with van der Waals surface area (Å²) in [6, 6.07) is 5.61. The van der Waals surface area contributed by atoms with Crippen LogP contribution >= 0.6 is 0 Å². The zero-order valence-electron chi connectivity index (χ0n) is 14.2. The third-order valence-electron chi connectivity index (χ3n) is 4.61. The van der Waals surface area contributed by atoms with Gasteiger partial charge in [0, 0.05) is 43.3 Å². The van der Waals surface area contributed by atoms with Crippen LogP contribution in [0.1, 0.15) is 28.4 Å². The highest BCUT2D eigenvalue weighted by atomic mass is 16.5. The number of aromatic nitrogens is 4. The maximum atomic E-state index is 12.6. The lowest BCUT2D eigenvalue weighted by molar-refractivity contribution is 0.0789. The van der Waals surface area contributed by atoms with Crippen molar-refractivity contribution in [3.8, 4) is 6.01 Å². The second kappa shape index (κ2) is 6.55. The monoisotopic (exact) mass is 351 g/mol. The van der Waals surface area contributed by atoms with E-state index in [2.05, 4.69) is 19.9 Å². The fourth-order valence-corrected chi connectivity index (χ4v) is 3.24. The molecule has 1 saturated heterocycles. The van der Waals surface area contributed by atoms with Gasteiger partial charge in [-0.05, 0) is 24.6 Å². The van der Waals surface area contributed by atoms with Crippen LogP contribution in [0.2, 0.25) is 0 Å². The van der Waals surface area contributed by atoms with Gasteiger partial charge < -0.3 is 14.6 Å². The predicted molar refractivity (Wildman–Crippen MR) is 94.2 cm³/mol. The van der Waals surface area contributed by atoms with Crippen molar-refractivity contribution in [3.63, 3.8) is 0 Å². The molecule has 0 spiro atoms. The molecule has 0 radical (unpaired) electrons. The summed E-state index contributed by atoms with van der Waals surface area (Å²) in [5, 5.41) is 0.567. The number of methoxy groups -OCH3 is 1. The fourth-order valence-electron chi connectivity index (χ4n) is 3.24. The average molecular weight is 351 g/mol. The standard InChI is InChI=1S/C18H17N5O3/c1-26-18-20-8-12(9-21-18)17(25)23-6-4-11(10-23)14-7-15-13(16(24)22-14)3-2-5-19-15/h2-3,5,7-9,11H,4,6,10H2,1H3,(H,22,24)/t11-/m1/s1. The van der Waals surface area contributed by atoms with Gasteiger partial charge in [0.1, 0.15) is 0 Å².